The average molecular weight is 227 g/mol. The lowest BCUT2D eigenvalue weighted by Crippen LogP contribution is -2.14. The molecule has 0 aliphatic rings. The van der Waals surface area contributed by atoms with Gasteiger partial charge in [0.05, 0.1) is 0 Å². The Hall–Kier alpha value is 0.940. The minimum atomic E-state index is 0.664. The van der Waals surface area contributed by atoms with E-state index in [0.29, 0.717) is 5.25 Å². The van der Waals surface area contributed by atoms with Crippen LogP contribution in [0.3, 0.4) is 0 Å². The molecule has 0 aliphatic carbocycles. The summed E-state index contributed by atoms with van der Waals surface area (Å²) in [5.74, 6) is 0. The van der Waals surface area contributed by atoms with Crippen molar-refractivity contribution in [2.45, 2.75) is 19.1 Å². The Morgan fingerprint density at radius 3 is 2.27 bits per heavy atom. The first-order valence-electron chi connectivity index (χ1n) is 3.25. The predicted molar refractivity (Wildman–Crippen MR) is 64.2 cm³/mol. The first-order chi connectivity index (χ1) is 5.04. The highest BCUT2D eigenvalue weighted by Gasteiger charge is 2.01. The third-order valence-electron chi connectivity index (χ3n) is 0.702. The van der Waals surface area contributed by atoms with Crippen molar-refractivity contribution in [3.05, 3.63) is 0 Å². The molecule has 0 radical (unpaired) electrons. The van der Waals surface area contributed by atoms with E-state index in [0.717, 1.165) is 4.32 Å². The fraction of sp³-hybridized carbons (Fsp3) is 0.833. The number of nitrogens with zero attached hydrogens (tertiary/aromatic N) is 1. The van der Waals surface area contributed by atoms with Crippen molar-refractivity contribution >= 4 is 48.0 Å². The molecule has 0 saturated heterocycles. The second kappa shape index (κ2) is 6.46. The summed E-state index contributed by atoms with van der Waals surface area (Å²) in [6.07, 6.45) is 0. The molecule has 1 nitrogen and oxygen atoms in total. The smallest absolute Gasteiger partial charge is 0.147 e. The van der Waals surface area contributed by atoms with E-state index in [4.69, 9.17) is 12.2 Å². The minimum Gasteiger partial charge on any atom is -0.363 e. The summed E-state index contributed by atoms with van der Waals surface area (Å²) < 4.78 is 0.933. The van der Waals surface area contributed by atoms with Crippen LogP contribution in [0.2, 0.25) is 0 Å². The van der Waals surface area contributed by atoms with Gasteiger partial charge in [0.1, 0.15) is 4.32 Å². The number of thiocarbonyl (C=S) groups is 1. The standard InChI is InChI=1S/C6H13NS4/c1-5(2)9-11-10-6(8)7(3)4/h5H,1-4H3. The van der Waals surface area contributed by atoms with Crippen LogP contribution in [0, 0.1) is 0 Å². The number of hydrogen-bond acceptors (Lipinski definition) is 4. The van der Waals surface area contributed by atoms with E-state index in [1.165, 1.54) is 0 Å². The van der Waals surface area contributed by atoms with Gasteiger partial charge in [-0.15, -0.1) is 0 Å². The van der Waals surface area contributed by atoms with Gasteiger partial charge in [-0.05, 0) is 20.6 Å². The molecule has 0 aliphatic heterocycles. The van der Waals surface area contributed by atoms with Crippen LogP contribution in [0.5, 0.6) is 0 Å². The Bertz CT molecular complexity index is 124. The Morgan fingerprint density at radius 2 is 1.91 bits per heavy atom. The van der Waals surface area contributed by atoms with Crippen LogP contribution in [0.25, 0.3) is 0 Å². The van der Waals surface area contributed by atoms with Crippen LogP contribution >= 0.6 is 43.6 Å². The quantitative estimate of drug-likeness (QED) is 0.536. The van der Waals surface area contributed by atoms with Crippen molar-refractivity contribution in [3.8, 4) is 0 Å². The highest BCUT2D eigenvalue weighted by atomic mass is 33.5. The van der Waals surface area contributed by atoms with Crippen molar-refractivity contribution in [1.82, 2.24) is 4.90 Å². The molecule has 0 N–H and O–H groups in total. The van der Waals surface area contributed by atoms with Gasteiger partial charge in [0.2, 0.25) is 0 Å². The molecule has 0 aromatic carbocycles. The van der Waals surface area contributed by atoms with Crippen LogP contribution in [0.1, 0.15) is 13.8 Å². The zero-order chi connectivity index (χ0) is 8.85. The van der Waals surface area contributed by atoms with Gasteiger partial charge in [-0.2, -0.15) is 0 Å². The highest BCUT2D eigenvalue weighted by Crippen LogP contribution is 2.38. The first kappa shape index (κ1) is 11.9. The van der Waals surface area contributed by atoms with E-state index >= 15 is 0 Å². The Balaban J connectivity index is 3.32. The maximum absolute atomic E-state index is 5.08. The minimum absolute atomic E-state index is 0.664. The van der Waals surface area contributed by atoms with Gasteiger partial charge in [0, 0.05) is 19.3 Å². The SMILES string of the molecule is CC(C)SSSC(=S)N(C)C. The lowest BCUT2D eigenvalue weighted by Gasteiger charge is -2.11. The van der Waals surface area contributed by atoms with Crippen molar-refractivity contribution in [1.29, 1.82) is 0 Å². The normalized spacial score (nSPS) is 10.3. The molecule has 0 amide bonds. The van der Waals surface area contributed by atoms with Gasteiger partial charge in [-0.25, -0.2) is 0 Å². The molecule has 0 unspecified atom stereocenters. The zero-order valence-corrected chi connectivity index (χ0v) is 10.4. The molecule has 0 bridgehead atoms. The summed E-state index contributed by atoms with van der Waals surface area (Å²) in [5, 5.41) is 0.664. The van der Waals surface area contributed by atoms with Crippen molar-refractivity contribution in [3.63, 3.8) is 0 Å². The van der Waals surface area contributed by atoms with E-state index in [1.807, 2.05) is 29.8 Å². The van der Waals surface area contributed by atoms with Crippen molar-refractivity contribution < 1.29 is 0 Å². The van der Waals surface area contributed by atoms with Gasteiger partial charge < -0.3 is 4.90 Å². The first-order valence-corrected chi connectivity index (χ1v) is 7.20. The lowest BCUT2D eigenvalue weighted by atomic mass is 10.6. The summed E-state index contributed by atoms with van der Waals surface area (Å²) in [6, 6.07) is 0. The maximum Gasteiger partial charge on any atom is 0.147 e. The number of rotatable bonds is 3. The fourth-order valence-electron chi connectivity index (χ4n) is 0.202. The topological polar surface area (TPSA) is 3.24 Å². The fourth-order valence-corrected chi connectivity index (χ4v) is 4.86. The largest absolute Gasteiger partial charge is 0.363 e. The summed E-state index contributed by atoms with van der Waals surface area (Å²) in [4.78, 5) is 1.95. The Kier molecular flexibility index (Phi) is 7.01. The molecule has 0 aromatic rings. The molecule has 5 heteroatoms. The van der Waals surface area contributed by atoms with Crippen LogP contribution in [-0.2, 0) is 0 Å². The molecule has 0 aromatic heterocycles. The van der Waals surface area contributed by atoms with Gasteiger partial charge in [0.25, 0.3) is 0 Å². The molecular formula is C6H13NS4. The highest BCUT2D eigenvalue weighted by molar-refractivity contribution is 9.12. The molecule has 66 valence electrons. The summed E-state index contributed by atoms with van der Waals surface area (Å²) in [6.45, 7) is 4.36. The third kappa shape index (κ3) is 7.31. The summed E-state index contributed by atoms with van der Waals surface area (Å²) >= 11 is 5.08. The van der Waals surface area contributed by atoms with E-state index < -0.39 is 0 Å². The Labute approximate surface area is 85.9 Å². The Morgan fingerprint density at radius 1 is 1.36 bits per heavy atom. The summed E-state index contributed by atoms with van der Waals surface area (Å²) in [7, 11) is 9.18. The lowest BCUT2D eigenvalue weighted by molar-refractivity contribution is 0.648. The van der Waals surface area contributed by atoms with Crippen molar-refractivity contribution in [2.24, 2.45) is 0 Å². The van der Waals surface area contributed by atoms with Crippen LogP contribution in [0.4, 0.5) is 0 Å². The molecule has 0 spiro atoms. The van der Waals surface area contributed by atoms with E-state index in [9.17, 15) is 0 Å². The monoisotopic (exact) mass is 227 g/mol. The van der Waals surface area contributed by atoms with E-state index in [-0.39, 0.29) is 0 Å². The number of hydrogen-bond donors (Lipinski definition) is 0. The molecule has 11 heavy (non-hydrogen) atoms. The van der Waals surface area contributed by atoms with Gasteiger partial charge in [-0.1, -0.05) is 36.9 Å². The molecule has 0 atom stereocenters. The zero-order valence-electron chi connectivity index (χ0n) is 7.16. The van der Waals surface area contributed by atoms with Crippen LogP contribution < -0.4 is 0 Å². The van der Waals surface area contributed by atoms with Crippen molar-refractivity contribution in [2.75, 3.05) is 14.1 Å². The summed E-state index contributed by atoms with van der Waals surface area (Å²) in [5.41, 5.74) is 0. The van der Waals surface area contributed by atoms with Gasteiger partial charge in [-0.3, -0.25) is 0 Å². The maximum atomic E-state index is 5.08. The average Bonchev–Trinajstić information content (AvgIpc) is 1.86. The predicted octanol–water partition coefficient (Wildman–Crippen LogP) is 3.27. The molecule has 0 fully saturated rings. The second-order valence-electron chi connectivity index (χ2n) is 2.46. The van der Waals surface area contributed by atoms with Gasteiger partial charge in [0.15, 0.2) is 0 Å². The third-order valence-corrected chi connectivity index (χ3v) is 6.06. The molecular weight excluding hydrogens is 214 g/mol. The molecule has 0 saturated carbocycles. The molecule has 0 rings (SSSR count). The molecule has 0 heterocycles. The van der Waals surface area contributed by atoms with Crippen LogP contribution in [-0.4, -0.2) is 28.6 Å². The van der Waals surface area contributed by atoms with Gasteiger partial charge >= 0.3 is 0 Å². The van der Waals surface area contributed by atoms with Crippen LogP contribution in [0.15, 0.2) is 0 Å². The van der Waals surface area contributed by atoms with E-state index in [1.54, 1.807) is 20.6 Å². The second-order valence-corrected chi connectivity index (χ2v) is 7.64. The van der Waals surface area contributed by atoms with E-state index in [2.05, 4.69) is 13.8 Å².